The molecule has 1 aliphatic rings. The number of aromatic nitrogens is 2. The van der Waals surface area contributed by atoms with Crippen LogP contribution in [0.4, 0.5) is 0 Å². The van der Waals surface area contributed by atoms with Crippen molar-refractivity contribution in [2.75, 3.05) is 13.6 Å². The summed E-state index contributed by atoms with van der Waals surface area (Å²) in [5, 5.41) is 13.6. The second-order valence-electron chi connectivity index (χ2n) is 5.15. The van der Waals surface area contributed by atoms with Crippen molar-refractivity contribution in [3.63, 3.8) is 0 Å². The minimum absolute atomic E-state index is 0.132. The molecule has 0 aromatic carbocycles. The highest BCUT2D eigenvalue weighted by Gasteiger charge is 2.20. The number of carbonyl (C=O) groups excluding carboxylic acids is 1. The maximum atomic E-state index is 12.0. The lowest BCUT2D eigenvalue weighted by Gasteiger charge is -2.17. The lowest BCUT2D eigenvalue weighted by atomic mass is 10.3. The van der Waals surface area contributed by atoms with E-state index in [4.69, 9.17) is 0 Å². The molecule has 1 N–H and O–H groups in total. The highest BCUT2D eigenvalue weighted by Crippen LogP contribution is 2.28. The first kappa shape index (κ1) is 13.1. The molecule has 0 bridgehead atoms. The SMILES string of the molecule is CC(O)CN(C)C(=O)c1ccn(C2CCCC2)n1. The van der Waals surface area contributed by atoms with Crippen LogP contribution in [0, 0.1) is 0 Å². The van der Waals surface area contributed by atoms with Gasteiger partial charge in [-0.1, -0.05) is 12.8 Å². The zero-order valence-electron chi connectivity index (χ0n) is 11.0. The molecule has 5 nitrogen and oxygen atoms in total. The third kappa shape index (κ3) is 2.90. The smallest absolute Gasteiger partial charge is 0.274 e. The largest absolute Gasteiger partial charge is 0.392 e. The number of amides is 1. The first-order valence-corrected chi connectivity index (χ1v) is 6.56. The molecule has 1 aromatic rings. The lowest BCUT2D eigenvalue weighted by molar-refractivity contribution is 0.0697. The molecular formula is C13H21N3O2. The summed E-state index contributed by atoms with van der Waals surface area (Å²) in [6, 6.07) is 2.22. The molecule has 1 saturated carbocycles. The summed E-state index contributed by atoms with van der Waals surface area (Å²) in [6.45, 7) is 2.00. The van der Waals surface area contributed by atoms with Gasteiger partial charge in [0, 0.05) is 19.8 Å². The summed E-state index contributed by atoms with van der Waals surface area (Å²) in [6.07, 6.45) is 6.17. The Hall–Kier alpha value is -1.36. The molecule has 100 valence electrons. The minimum Gasteiger partial charge on any atom is -0.392 e. The fourth-order valence-corrected chi connectivity index (χ4v) is 2.50. The maximum absolute atomic E-state index is 12.0. The molecule has 0 aliphatic heterocycles. The number of aliphatic hydroxyl groups is 1. The third-order valence-corrected chi connectivity index (χ3v) is 3.41. The number of rotatable bonds is 4. The van der Waals surface area contributed by atoms with Gasteiger partial charge in [0.05, 0.1) is 12.1 Å². The van der Waals surface area contributed by atoms with E-state index in [-0.39, 0.29) is 5.91 Å². The molecular weight excluding hydrogens is 230 g/mol. The van der Waals surface area contributed by atoms with Crippen molar-refractivity contribution in [1.82, 2.24) is 14.7 Å². The van der Waals surface area contributed by atoms with E-state index in [0.717, 1.165) is 12.8 Å². The Balaban J connectivity index is 2.02. The van der Waals surface area contributed by atoms with Crippen LogP contribution in [0.5, 0.6) is 0 Å². The molecule has 1 fully saturated rings. The third-order valence-electron chi connectivity index (χ3n) is 3.41. The summed E-state index contributed by atoms with van der Waals surface area (Å²) in [5.74, 6) is -0.132. The Bertz CT molecular complexity index is 408. The van der Waals surface area contributed by atoms with Crippen LogP contribution in [-0.2, 0) is 0 Å². The van der Waals surface area contributed by atoms with Gasteiger partial charge in [-0.2, -0.15) is 5.10 Å². The van der Waals surface area contributed by atoms with Gasteiger partial charge >= 0.3 is 0 Å². The zero-order valence-corrected chi connectivity index (χ0v) is 11.0. The molecule has 1 amide bonds. The van der Waals surface area contributed by atoms with Crippen molar-refractivity contribution >= 4 is 5.91 Å². The normalized spacial score (nSPS) is 17.9. The van der Waals surface area contributed by atoms with E-state index >= 15 is 0 Å². The van der Waals surface area contributed by atoms with Gasteiger partial charge in [0.2, 0.25) is 0 Å². The summed E-state index contributed by atoms with van der Waals surface area (Å²) in [5.41, 5.74) is 0.463. The predicted octanol–water partition coefficient (Wildman–Crippen LogP) is 1.45. The summed E-state index contributed by atoms with van der Waals surface area (Å²) < 4.78 is 1.91. The molecule has 5 heteroatoms. The average molecular weight is 251 g/mol. The molecule has 1 heterocycles. The van der Waals surface area contributed by atoms with Crippen LogP contribution in [-0.4, -0.2) is 45.4 Å². The van der Waals surface area contributed by atoms with Crippen molar-refractivity contribution in [3.8, 4) is 0 Å². The monoisotopic (exact) mass is 251 g/mol. The number of hydrogen-bond donors (Lipinski definition) is 1. The Morgan fingerprint density at radius 2 is 2.28 bits per heavy atom. The average Bonchev–Trinajstić information content (AvgIpc) is 2.97. The molecule has 1 aromatic heterocycles. The fraction of sp³-hybridized carbons (Fsp3) is 0.692. The van der Waals surface area contributed by atoms with Gasteiger partial charge in [0.15, 0.2) is 0 Å². The number of carbonyl (C=O) groups is 1. The van der Waals surface area contributed by atoms with Crippen LogP contribution >= 0.6 is 0 Å². The Morgan fingerprint density at radius 1 is 1.61 bits per heavy atom. The molecule has 0 spiro atoms. The van der Waals surface area contributed by atoms with E-state index < -0.39 is 6.10 Å². The quantitative estimate of drug-likeness (QED) is 0.881. The van der Waals surface area contributed by atoms with Crippen LogP contribution in [0.3, 0.4) is 0 Å². The first-order chi connectivity index (χ1) is 8.58. The summed E-state index contributed by atoms with van der Waals surface area (Å²) in [4.78, 5) is 13.6. The Morgan fingerprint density at radius 3 is 2.89 bits per heavy atom. The van der Waals surface area contributed by atoms with E-state index in [2.05, 4.69) is 5.10 Å². The van der Waals surface area contributed by atoms with Gasteiger partial charge < -0.3 is 10.0 Å². The van der Waals surface area contributed by atoms with E-state index in [1.807, 2.05) is 10.9 Å². The molecule has 1 atom stereocenters. The molecule has 18 heavy (non-hydrogen) atoms. The Labute approximate surface area is 107 Å². The highest BCUT2D eigenvalue weighted by atomic mass is 16.3. The molecule has 1 aliphatic carbocycles. The van der Waals surface area contributed by atoms with Crippen LogP contribution < -0.4 is 0 Å². The van der Waals surface area contributed by atoms with Crippen molar-refractivity contribution in [3.05, 3.63) is 18.0 Å². The first-order valence-electron chi connectivity index (χ1n) is 6.56. The van der Waals surface area contributed by atoms with Crippen LogP contribution in [0.25, 0.3) is 0 Å². The lowest BCUT2D eigenvalue weighted by Crippen LogP contribution is -2.33. The van der Waals surface area contributed by atoms with Gasteiger partial charge in [0.1, 0.15) is 5.69 Å². The topological polar surface area (TPSA) is 58.4 Å². The van der Waals surface area contributed by atoms with Gasteiger partial charge in [-0.3, -0.25) is 9.48 Å². The van der Waals surface area contributed by atoms with Gasteiger partial charge in [0.25, 0.3) is 5.91 Å². The number of hydrogen-bond acceptors (Lipinski definition) is 3. The van der Waals surface area contributed by atoms with Crippen molar-refractivity contribution < 1.29 is 9.90 Å². The Kier molecular flexibility index (Phi) is 4.01. The minimum atomic E-state index is -0.518. The maximum Gasteiger partial charge on any atom is 0.274 e. The van der Waals surface area contributed by atoms with Crippen LogP contribution in [0.15, 0.2) is 12.3 Å². The standard InChI is InChI=1S/C13H21N3O2/c1-10(17)9-15(2)13(18)12-7-8-16(14-12)11-5-3-4-6-11/h7-8,10-11,17H,3-6,9H2,1-2H3. The van der Waals surface area contributed by atoms with Crippen LogP contribution in [0.1, 0.15) is 49.1 Å². The highest BCUT2D eigenvalue weighted by molar-refractivity contribution is 5.92. The number of nitrogens with zero attached hydrogens (tertiary/aromatic N) is 3. The number of likely N-dealkylation sites (N-methyl/N-ethyl adjacent to an activating group) is 1. The van der Waals surface area contributed by atoms with E-state index in [1.165, 1.54) is 17.7 Å². The van der Waals surface area contributed by atoms with Gasteiger partial charge in [-0.25, -0.2) is 0 Å². The molecule has 0 saturated heterocycles. The second kappa shape index (κ2) is 5.52. The van der Waals surface area contributed by atoms with E-state index in [9.17, 15) is 9.90 Å². The van der Waals surface area contributed by atoms with Gasteiger partial charge in [-0.05, 0) is 25.8 Å². The van der Waals surface area contributed by atoms with Crippen molar-refractivity contribution in [1.29, 1.82) is 0 Å². The fourth-order valence-electron chi connectivity index (χ4n) is 2.50. The zero-order chi connectivity index (χ0) is 13.1. The molecule has 2 rings (SSSR count). The van der Waals surface area contributed by atoms with E-state index in [0.29, 0.717) is 18.3 Å². The van der Waals surface area contributed by atoms with Crippen LogP contribution in [0.2, 0.25) is 0 Å². The summed E-state index contributed by atoms with van der Waals surface area (Å²) >= 11 is 0. The predicted molar refractivity (Wildman–Crippen MR) is 68.4 cm³/mol. The van der Waals surface area contributed by atoms with E-state index in [1.54, 1.807) is 20.0 Å². The summed E-state index contributed by atoms with van der Waals surface area (Å²) in [7, 11) is 1.68. The molecule has 1 unspecified atom stereocenters. The van der Waals surface area contributed by atoms with Crippen molar-refractivity contribution in [2.24, 2.45) is 0 Å². The number of aliphatic hydroxyl groups excluding tert-OH is 1. The molecule has 0 radical (unpaired) electrons. The second-order valence-corrected chi connectivity index (χ2v) is 5.15. The van der Waals surface area contributed by atoms with Gasteiger partial charge in [-0.15, -0.1) is 0 Å². The van der Waals surface area contributed by atoms with Crippen molar-refractivity contribution in [2.45, 2.75) is 44.8 Å².